The quantitative estimate of drug-likeness (QED) is 0.728. The maximum absolute atomic E-state index is 11.4. The molecule has 0 aromatic carbocycles. The van der Waals surface area contributed by atoms with Gasteiger partial charge in [-0.1, -0.05) is 0 Å². The Morgan fingerprint density at radius 3 is 3.15 bits per heavy atom. The van der Waals surface area contributed by atoms with Crippen molar-refractivity contribution in [2.45, 2.75) is 24.5 Å². The number of carbonyl (C=O) groups is 1. The van der Waals surface area contributed by atoms with Crippen molar-refractivity contribution in [3.8, 4) is 0 Å². The van der Waals surface area contributed by atoms with Gasteiger partial charge in [-0.05, 0) is 25.0 Å². The van der Waals surface area contributed by atoms with Gasteiger partial charge in [0.05, 0.1) is 0 Å². The van der Waals surface area contributed by atoms with E-state index in [1.807, 2.05) is 16.7 Å². The van der Waals surface area contributed by atoms with Crippen molar-refractivity contribution in [1.82, 2.24) is 10.2 Å². The van der Waals surface area contributed by atoms with Crippen LogP contribution in [-0.4, -0.2) is 41.6 Å². The molecule has 2 aliphatic heterocycles. The van der Waals surface area contributed by atoms with Gasteiger partial charge < -0.3 is 10.2 Å². The summed E-state index contributed by atoms with van der Waals surface area (Å²) in [6, 6.07) is 0.138. The monoisotopic (exact) mass is 200 g/mol. The summed E-state index contributed by atoms with van der Waals surface area (Å²) in [5, 5.41) is 3.58. The Bertz CT molecular complexity index is 192. The van der Waals surface area contributed by atoms with Gasteiger partial charge in [0.1, 0.15) is 0 Å². The summed E-state index contributed by atoms with van der Waals surface area (Å²) in [6.07, 6.45) is 3.71. The van der Waals surface area contributed by atoms with E-state index in [4.69, 9.17) is 0 Å². The van der Waals surface area contributed by atoms with E-state index in [1.165, 1.54) is 18.6 Å². The largest absolute Gasteiger partial charge is 0.338 e. The Balaban J connectivity index is 1.81. The van der Waals surface area contributed by atoms with E-state index in [2.05, 4.69) is 5.32 Å². The molecular weight excluding hydrogens is 184 g/mol. The lowest BCUT2D eigenvalue weighted by atomic mass is 10.2. The van der Waals surface area contributed by atoms with Gasteiger partial charge in [0, 0.05) is 24.9 Å². The molecule has 1 N–H and O–H groups in total. The van der Waals surface area contributed by atoms with Gasteiger partial charge in [0.15, 0.2) is 0 Å². The van der Waals surface area contributed by atoms with Crippen LogP contribution in [0.3, 0.4) is 0 Å². The maximum Gasteiger partial charge on any atom is 0.317 e. The number of urea groups is 1. The fourth-order valence-electron chi connectivity index (χ4n) is 1.89. The standard InChI is InChI=1S/C9H16N2OS/c12-9-10-4-2-5-11(9)7-8-3-1-6-13-8/h8H,1-7H2,(H,10,12). The molecule has 0 radical (unpaired) electrons. The molecule has 1 atom stereocenters. The molecule has 2 heterocycles. The molecule has 2 fully saturated rings. The van der Waals surface area contributed by atoms with Gasteiger partial charge in [-0.25, -0.2) is 4.79 Å². The van der Waals surface area contributed by atoms with Crippen molar-refractivity contribution < 1.29 is 4.79 Å². The number of rotatable bonds is 2. The first-order chi connectivity index (χ1) is 6.36. The van der Waals surface area contributed by atoms with Gasteiger partial charge in [0.25, 0.3) is 0 Å². The van der Waals surface area contributed by atoms with Crippen LogP contribution in [0.25, 0.3) is 0 Å². The van der Waals surface area contributed by atoms with E-state index in [-0.39, 0.29) is 6.03 Å². The number of nitrogens with zero attached hydrogens (tertiary/aromatic N) is 1. The predicted molar refractivity (Wildman–Crippen MR) is 55.1 cm³/mol. The van der Waals surface area contributed by atoms with Crippen molar-refractivity contribution in [3.05, 3.63) is 0 Å². The highest BCUT2D eigenvalue weighted by molar-refractivity contribution is 8.00. The first-order valence-corrected chi connectivity index (χ1v) is 6.05. The highest BCUT2D eigenvalue weighted by atomic mass is 32.2. The van der Waals surface area contributed by atoms with E-state index in [0.717, 1.165) is 26.1 Å². The van der Waals surface area contributed by atoms with E-state index >= 15 is 0 Å². The molecule has 74 valence electrons. The van der Waals surface area contributed by atoms with Gasteiger partial charge in [0.2, 0.25) is 0 Å². The molecule has 0 bridgehead atoms. The lowest BCUT2D eigenvalue weighted by Gasteiger charge is -2.29. The van der Waals surface area contributed by atoms with Gasteiger partial charge in [-0.2, -0.15) is 11.8 Å². The molecule has 0 aliphatic carbocycles. The Morgan fingerprint density at radius 2 is 2.46 bits per heavy atom. The third-order valence-corrected chi connectivity index (χ3v) is 4.00. The number of amides is 2. The number of thioether (sulfide) groups is 1. The highest BCUT2D eigenvalue weighted by Gasteiger charge is 2.23. The number of hydrogen-bond donors (Lipinski definition) is 1. The summed E-state index contributed by atoms with van der Waals surface area (Å²) in [5.41, 5.74) is 0. The molecule has 13 heavy (non-hydrogen) atoms. The maximum atomic E-state index is 11.4. The van der Waals surface area contributed by atoms with Crippen LogP contribution in [0.4, 0.5) is 4.79 Å². The van der Waals surface area contributed by atoms with Gasteiger partial charge in [-0.15, -0.1) is 0 Å². The summed E-state index contributed by atoms with van der Waals surface area (Å²) < 4.78 is 0. The molecule has 0 spiro atoms. The van der Waals surface area contributed by atoms with E-state index in [9.17, 15) is 4.79 Å². The second-order valence-electron chi connectivity index (χ2n) is 3.67. The average molecular weight is 200 g/mol. The van der Waals surface area contributed by atoms with Crippen molar-refractivity contribution in [3.63, 3.8) is 0 Å². The molecule has 3 nitrogen and oxygen atoms in total. The van der Waals surface area contributed by atoms with Crippen LogP contribution in [0.1, 0.15) is 19.3 Å². The van der Waals surface area contributed by atoms with E-state index < -0.39 is 0 Å². The Labute approximate surface area is 83.2 Å². The van der Waals surface area contributed by atoms with Crippen LogP contribution in [0.15, 0.2) is 0 Å². The van der Waals surface area contributed by atoms with Crippen molar-refractivity contribution in [2.24, 2.45) is 0 Å². The third-order valence-electron chi connectivity index (χ3n) is 2.62. The molecule has 1 unspecified atom stereocenters. The molecule has 2 saturated heterocycles. The van der Waals surface area contributed by atoms with E-state index in [1.54, 1.807) is 0 Å². The molecular formula is C9H16N2OS. The van der Waals surface area contributed by atoms with Crippen LogP contribution in [-0.2, 0) is 0 Å². The van der Waals surface area contributed by atoms with Crippen LogP contribution in [0.2, 0.25) is 0 Å². The number of nitrogens with one attached hydrogen (secondary N) is 1. The average Bonchev–Trinajstić information content (AvgIpc) is 2.61. The zero-order chi connectivity index (χ0) is 9.10. The number of hydrogen-bond acceptors (Lipinski definition) is 2. The van der Waals surface area contributed by atoms with Crippen molar-refractivity contribution in [1.29, 1.82) is 0 Å². The summed E-state index contributed by atoms with van der Waals surface area (Å²) in [4.78, 5) is 13.4. The molecule has 0 aromatic heterocycles. The zero-order valence-corrected chi connectivity index (χ0v) is 8.61. The molecule has 2 rings (SSSR count). The highest BCUT2D eigenvalue weighted by Crippen LogP contribution is 2.26. The van der Waals surface area contributed by atoms with Crippen molar-refractivity contribution in [2.75, 3.05) is 25.4 Å². The Hall–Kier alpha value is -0.380. The first-order valence-electron chi connectivity index (χ1n) is 5.00. The lowest BCUT2D eigenvalue weighted by Crippen LogP contribution is -2.48. The second-order valence-corrected chi connectivity index (χ2v) is 5.07. The molecule has 2 aliphatic rings. The van der Waals surface area contributed by atoms with Gasteiger partial charge >= 0.3 is 6.03 Å². The summed E-state index contributed by atoms with van der Waals surface area (Å²) in [7, 11) is 0. The zero-order valence-electron chi connectivity index (χ0n) is 7.79. The molecule has 2 amide bonds. The number of carbonyl (C=O) groups excluding carboxylic acids is 1. The fourth-order valence-corrected chi connectivity index (χ4v) is 3.17. The minimum atomic E-state index is 0.138. The smallest absolute Gasteiger partial charge is 0.317 e. The Morgan fingerprint density at radius 1 is 1.54 bits per heavy atom. The van der Waals surface area contributed by atoms with E-state index in [0.29, 0.717) is 5.25 Å². The third kappa shape index (κ3) is 2.30. The van der Waals surface area contributed by atoms with Crippen LogP contribution in [0, 0.1) is 0 Å². The predicted octanol–water partition coefficient (Wildman–Crippen LogP) is 1.30. The fraction of sp³-hybridized carbons (Fsp3) is 0.889. The Kier molecular flexibility index (Phi) is 2.98. The lowest BCUT2D eigenvalue weighted by molar-refractivity contribution is 0.186. The minimum absolute atomic E-state index is 0.138. The van der Waals surface area contributed by atoms with Crippen molar-refractivity contribution >= 4 is 17.8 Å². The summed E-state index contributed by atoms with van der Waals surface area (Å²) in [6.45, 7) is 2.76. The van der Waals surface area contributed by atoms with Crippen LogP contribution in [0.5, 0.6) is 0 Å². The topological polar surface area (TPSA) is 32.3 Å². The molecule has 4 heteroatoms. The van der Waals surface area contributed by atoms with Crippen LogP contribution >= 0.6 is 11.8 Å². The SMILES string of the molecule is O=C1NCCCN1CC1CCCS1. The normalized spacial score (nSPS) is 29.1. The second kappa shape index (κ2) is 4.22. The summed E-state index contributed by atoms with van der Waals surface area (Å²) in [5.74, 6) is 1.28. The van der Waals surface area contributed by atoms with Gasteiger partial charge in [-0.3, -0.25) is 0 Å². The van der Waals surface area contributed by atoms with Crippen LogP contribution < -0.4 is 5.32 Å². The first kappa shape index (κ1) is 9.19. The molecule has 0 saturated carbocycles. The molecule has 0 aromatic rings. The minimum Gasteiger partial charge on any atom is -0.338 e. The summed E-state index contributed by atoms with van der Waals surface area (Å²) >= 11 is 2.02.